The van der Waals surface area contributed by atoms with Crippen LogP contribution in [0.15, 0.2) is 24.3 Å². The molecule has 1 aliphatic rings. The summed E-state index contributed by atoms with van der Waals surface area (Å²) in [5.41, 5.74) is 0.476. The molecule has 19 heavy (non-hydrogen) atoms. The van der Waals surface area contributed by atoms with E-state index in [1.165, 1.54) is 7.11 Å². The lowest BCUT2D eigenvalue weighted by molar-refractivity contribution is -0.141. The first-order valence-electron chi connectivity index (χ1n) is 6.28. The molecule has 0 heterocycles. The largest absolute Gasteiger partial charge is 0.496 e. The normalized spacial score (nSPS) is 21.9. The summed E-state index contributed by atoms with van der Waals surface area (Å²) in [6.07, 6.45) is 1.82. The van der Waals surface area contributed by atoms with Crippen molar-refractivity contribution in [3.63, 3.8) is 0 Å². The van der Waals surface area contributed by atoms with Gasteiger partial charge >= 0.3 is 5.97 Å². The zero-order valence-electron chi connectivity index (χ0n) is 10.8. The predicted octanol–water partition coefficient (Wildman–Crippen LogP) is 1.68. The van der Waals surface area contributed by atoms with Gasteiger partial charge in [-0.3, -0.25) is 9.59 Å². The van der Waals surface area contributed by atoms with Crippen LogP contribution in [0.4, 0.5) is 0 Å². The molecule has 2 atom stereocenters. The van der Waals surface area contributed by atoms with Crippen LogP contribution < -0.4 is 10.1 Å². The van der Waals surface area contributed by atoms with Crippen LogP contribution in [-0.4, -0.2) is 30.1 Å². The van der Waals surface area contributed by atoms with Crippen molar-refractivity contribution in [2.45, 2.75) is 25.3 Å². The van der Waals surface area contributed by atoms with Gasteiger partial charge in [0.25, 0.3) is 5.91 Å². The molecule has 0 unspecified atom stereocenters. The Morgan fingerprint density at radius 3 is 2.68 bits per heavy atom. The Hall–Kier alpha value is -2.04. The fourth-order valence-electron chi connectivity index (χ4n) is 2.43. The number of rotatable bonds is 4. The summed E-state index contributed by atoms with van der Waals surface area (Å²) < 4.78 is 5.14. The fourth-order valence-corrected chi connectivity index (χ4v) is 2.43. The number of ether oxygens (including phenoxy) is 1. The lowest BCUT2D eigenvalue weighted by Crippen LogP contribution is -2.33. The van der Waals surface area contributed by atoms with E-state index in [1.54, 1.807) is 24.3 Å². The van der Waals surface area contributed by atoms with Gasteiger partial charge in [-0.2, -0.15) is 0 Å². The number of carboxylic acid groups (broad SMARTS) is 1. The van der Waals surface area contributed by atoms with Gasteiger partial charge < -0.3 is 15.2 Å². The number of nitrogens with one attached hydrogen (secondary N) is 1. The summed E-state index contributed by atoms with van der Waals surface area (Å²) in [4.78, 5) is 23.0. The summed E-state index contributed by atoms with van der Waals surface area (Å²) in [5, 5.41) is 11.8. The van der Waals surface area contributed by atoms with Crippen molar-refractivity contribution >= 4 is 11.9 Å². The average molecular weight is 263 g/mol. The van der Waals surface area contributed by atoms with E-state index in [-0.39, 0.29) is 17.9 Å². The zero-order chi connectivity index (χ0) is 13.8. The van der Waals surface area contributed by atoms with Gasteiger partial charge in [0.05, 0.1) is 18.6 Å². The maximum absolute atomic E-state index is 12.1. The smallest absolute Gasteiger partial charge is 0.306 e. The summed E-state index contributed by atoms with van der Waals surface area (Å²) in [7, 11) is 1.52. The Labute approximate surface area is 111 Å². The van der Waals surface area contributed by atoms with Gasteiger partial charge in [0.15, 0.2) is 0 Å². The van der Waals surface area contributed by atoms with E-state index >= 15 is 0 Å². The number of hydrogen-bond donors (Lipinski definition) is 2. The third-order valence-corrected chi connectivity index (χ3v) is 3.47. The SMILES string of the molecule is COc1ccccc1C(=O)N[C@@H]1CC[C@H](C(=O)O)C1. The maximum atomic E-state index is 12.1. The second-order valence-corrected chi connectivity index (χ2v) is 4.72. The van der Waals surface area contributed by atoms with Crippen LogP contribution in [-0.2, 0) is 4.79 Å². The van der Waals surface area contributed by atoms with Crippen molar-refractivity contribution in [1.82, 2.24) is 5.32 Å². The molecule has 0 radical (unpaired) electrons. The second-order valence-electron chi connectivity index (χ2n) is 4.72. The molecule has 2 N–H and O–H groups in total. The Bertz CT molecular complexity index is 486. The fraction of sp³-hybridized carbons (Fsp3) is 0.429. The van der Waals surface area contributed by atoms with Crippen molar-refractivity contribution in [3.8, 4) is 5.75 Å². The van der Waals surface area contributed by atoms with E-state index in [1.807, 2.05) is 0 Å². The quantitative estimate of drug-likeness (QED) is 0.866. The summed E-state index contributed by atoms with van der Waals surface area (Å²) in [6.45, 7) is 0. The minimum Gasteiger partial charge on any atom is -0.496 e. The molecule has 2 rings (SSSR count). The number of carbonyl (C=O) groups excluding carboxylic acids is 1. The van der Waals surface area contributed by atoms with Gasteiger partial charge in [-0.15, -0.1) is 0 Å². The highest BCUT2D eigenvalue weighted by Crippen LogP contribution is 2.26. The molecule has 0 bridgehead atoms. The van der Waals surface area contributed by atoms with Crippen LogP contribution in [0, 0.1) is 5.92 Å². The van der Waals surface area contributed by atoms with Crippen molar-refractivity contribution in [3.05, 3.63) is 29.8 Å². The molecular weight excluding hydrogens is 246 g/mol. The van der Waals surface area contributed by atoms with Gasteiger partial charge in [-0.05, 0) is 31.4 Å². The number of hydrogen-bond acceptors (Lipinski definition) is 3. The molecule has 0 aliphatic heterocycles. The molecular formula is C14H17NO4. The molecule has 1 amide bonds. The molecule has 0 saturated heterocycles. The Morgan fingerprint density at radius 1 is 1.32 bits per heavy atom. The molecule has 1 saturated carbocycles. The van der Waals surface area contributed by atoms with Crippen LogP contribution in [0.1, 0.15) is 29.6 Å². The van der Waals surface area contributed by atoms with E-state index in [9.17, 15) is 9.59 Å². The molecule has 0 aromatic heterocycles. The number of carbonyl (C=O) groups is 2. The highest BCUT2D eigenvalue weighted by atomic mass is 16.5. The van der Waals surface area contributed by atoms with Crippen molar-refractivity contribution in [2.75, 3.05) is 7.11 Å². The third-order valence-electron chi connectivity index (χ3n) is 3.47. The Morgan fingerprint density at radius 2 is 2.05 bits per heavy atom. The third kappa shape index (κ3) is 3.05. The Kier molecular flexibility index (Phi) is 4.04. The monoisotopic (exact) mass is 263 g/mol. The minimum absolute atomic E-state index is 0.0708. The lowest BCUT2D eigenvalue weighted by Gasteiger charge is -2.14. The van der Waals surface area contributed by atoms with E-state index in [4.69, 9.17) is 9.84 Å². The number of carboxylic acids is 1. The molecule has 1 aliphatic carbocycles. The number of amides is 1. The summed E-state index contributed by atoms with van der Waals surface area (Å²) >= 11 is 0. The van der Waals surface area contributed by atoms with E-state index in [0.29, 0.717) is 30.6 Å². The summed E-state index contributed by atoms with van der Waals surface area (Å²) in [6, 6.07) is 6.91. The molecule has 1 aromatic carbocycles. The van der Waals surface area contributed by atoms with E-state index < -0.39 is 5.97 Å². The molecule has 102 valence electrons. The Balaban J connectivity index is 2.00. The lowest BCUT2D eigenvalue weighted by atomic mass is 10.1. The molecule has 1 aromatic rings. The van der Waals surface area contributed by atoms with E-state index in [2.05, 4.69) is 5.32 Å². The first-order valence-corrected chi connectivity index (χ1v) is 6.28. The topological polar surface area (TPSA) is 75.6 Å². The van der Waals surface area contributed by atoms with Crippen LogP contribution >= 0.6 is 0 Å². The van der Waals surface area contributed by atoms with Gasteiger partial charge in [0, 0.05) is 6.04 Å². The van der Waals surface area contributed by atoms with Crippen LogP contribution in [0.25, 0.3) is 0 Å². The second kappa shape index (κ2) is 5.73. The molecule has 5 nitrogen and oxygen atoms in total. The van der Waals surface area contributed by atoms with Gasteiger partial charge in [-0.1, -0.05) is 12.1 Å². The van der Waals surface area contributed by atoms with Gasteiger partial charge in [0.2, 0.25) is 0 Å². The number of methoxy groups -OCH3 is 1. The van der Waals surface area contributed by atoms with Crippen molar-refractivity contribution in [1.29, 1.82) is 0 Å². The number of benzene rings is 1. The molecule has 5 heteroatoms. The first-order chi connectivity index (χ1) is 9.11. The maximum Gasteiger partial charge on any atom is 0.306 e. The number of aliphatic carboxylic acids is 1. The number of para-hydroxylation sites is 1. The molecule has 1 fully saturated rings. The van der Waals surface area contributed by atoms with E-state index in [0.717, 1.165) is 0 Å². The highest BCUT2D eigenvalue weighted by Gasteiger charge is 2.30. The first kappa shape index (κ1) is 13.4. The van der Waals surface area contributed by atoms with Crippen LogP contribution in [0.2, 0.25) is 0 Å². The predicted molar refractivity (Wildman–Crippen MR) is 69.2 cm³/mol. The van der Waals surface area contributed by atoms with Crippen LogP contribution in [0.5, 0.6) is 5.75 Å². The van der Waals surface area contributed by atoms with Gasteiger partial charge in [-0.25, -0.2) is 0 Å². The van der Waals surface area contributed by atoms with Crippen LogP contribution in [0.3, 0.4) is 0 Å². The summed E-state index contributed by atoms with van der Waals surface area (Å²) in [5.74, 6) is -0.821. The van der Waals surface area contributed by atoms with Crippen molar-refractivity contribution in [2.24, 2.45) is 5.92 Å². The zero-order valence-corrected chi connectivity index (χ0v) is 10.8. The molecule has 0 spiro atoms. The standard InChI is InChI=1S/C14H17NO4/c1-19-12-5-3-2-4-11(12)13(16)15-10-7-6-9(8-10)14(17)18/h2-5,9-10H,6-8H2,1H3,(H,15,16)(H,17,18)/t9-,10+/m0/s1. The highest BCUT2D eigenvalue weighted by molar-refractivity contribution is 5.97. The average Bonchev–Trinajstić information content (AvgIpc) is 2.87. The minimum atomic E-state index is -0.783. The van der Waals surface area contributed by atoms with Crippen molar-refractivity contribution < 1.29 is 19.4 Å². The van der Waals surface area contributed by atoms with Gasteiger partial charge in [0.1, 0.15) is 5.75 Å².